The van der Waals surface area contributed by atoms with E-state index >= 15 is 0 Å². The molecule has 20 heavy (non-hydrogen) atoms. The molecule has 1 unspecified atom stereocenters. The minimum absolute atomic E-state index is 0.0999. The Kier molecular flexibility index (Phi) is 3.26. The first-order chi connectivity index (χ1) is 9.58. The zero-order valence-electron chi connectivity index (χ0n) is 11.1. The molecule has 1 aliphatic rings. The fraction of sp³-hybridized carbons (Fsp3) is 0.333. The van der Waals surface area contributed by atoms with E-state index in [4.69, 9.17) is 11.6 Å². The van der Waals surface area contributed by atoms with Gasteiger partial charge in [0.15, 0.2) is 0 Å². The molecule has 0 fully saturated rings. The van der Waals surface area contributed by atoms with Gasteiger partial charge in [-0.1, -0.05) is 35.9 Å². The molecule has 3 rings (SSSR count). The number of hydrogen-bond acceptors (Lipinski definition) is 2. The van der Waals surface area contributed by atoms with Crippen LogP contribution in [0.4, 0.5) is 0 Å². The molecule has 0 spiro atoms. The first-order valence-corrected chi connectivity index (χ1v) is 7.03. The number of nitrogens with zero attached hydrogens (tertiary/aromatic N) is 1. The second-order valence-electron chi connectivity index (χ2n) is 5.21. The van der Waals surface area contributed by atoms with Crippen molar-refractivity contribution < 1.29 is 0 Å². The predicted octanol–water partition coefficient (Wildman–Crippen LogP) is 2.23. The normalized spacial score (nSPS) is 17.8. The molecule has 4 nitrogen and oxygen atoms in total. The Morgan fingerprint density at radius 2 is 1.95 bits per heavy atom. The molecule has 1 aromatic carbocycles. The van der Waals surface area contributed by atoms with Crippen LogP contribution in [0, 0.1) is 6.92 Å². The van der Waals surface area contributed by atoms with Crippen LogP contribution in [0.3, 0.4) is 0 Å². The van der Waals surface area contributed by atoms with E-state index in [1.165, 1.54) is 15.7 Å². The van der Waals surface area contributed by atoms with E-state index in [-0.39, 0.29) is 16.8 Å². The lowest BCUT2D eigenvalue weighted by Crippen LogP contribution is -2.41. The van der Waals surface area contributed by atoms with Crippen LogP contribution in [0.1, 0.15) is 29.2 Å². The number of rotatable bonds is 1. The summed E-state index contributed by atoms with van der Waals surface area (Å²) < 4.78 is 1.32. The Morgan fingerprint density at radius 3 is 2.70 bits per heavy atom. The molecule has 1 heterocycles. The minimum atomic E-state index is -0.421. The highest BCUT2D eigenvalue weighted by Crippen LogP contribution is 2.27. The zero-order chi connectivity index (χ0) is 14.3. The van der Waals surface area contributed by atoms with Crippen molar-refractivity contribution in [2.45, 2.75) is 32.2 Å². The van der Waals surface area contributed by atoms with Crippen molar-refractivity contribution in [3.05, 3.63) is 66.9 Å². The average Bonchev–Trinajstić information content (AvgIpc) is 2.45. The third kappa shape index (κ3) is 2.10. The van der Waals surface area contributed by atoms with E-state index in [0.29, 0.717) is 12.0 Å². The van der Waals surface area contributed by atoms with Crippen LogP contribution in [-0.2, 0) is 12.8 Å². The second-order valence-corrected chi connectivity index (χ2v) is 5.59. The highest BCUT2D eigenvalue weighted by molar-refractivity contribution is 6.30. The Labute approximate surface area is 121 Å². The van der Waals surface area contributed by atoms with Crippen molar-refractivity contribution in [2.24, 2.45) is 0 Å². The monoisotopic (exact) mass is 290 g/mol. The van der Waals surface area contributed by atoms with Gasteiger partial charge < -0.3 is 0 Å². The summed E-state index contributed by atoms with van der Waals surface area (Å²) in [5.74, 6) is 0. The van der Waals surface area contributed by atoms with Crippen LogP contribution in [0.15, 0.2) is 33.9 Å². The molecule has 0 saturated heterocycles. The summed E-state index contributed by atoms with van der Waals surface area (Å²) in [6.07, 6.45) is 2.38. The van der Waals surface area contributed by atoms with Crippen LogP contribution in [-0.4, -0.2) is 9.55 Å². The molecule has 0 aliphatic heterocycles. The van der Waals surface area contributed by atoms with E-state index in [0.717, 1.165) is 12.8 Å². The second kappa shape index (κ2) is 4.94. The first-order valence-electron chi connectivity index (χ1n) is 6.65. The molecular formula is C15H15ClN2O2. The zero-order valence-corrected chi connectivity index (χ0v) is 11.9. The first kappa shape index (κ1) is 13.2. The van der Waals surface area contributed by atoms with Crippen LogP contribution in [0.2, 0.25) is 5.15 Å². The molecule has 2 aromatic rings. The average molecular weight is 291 g/mol. The van der Waals surface area contributed by atoms with E-state index in [1.807, 2.05) is 12.1 Å². The number of aryl methyl sites for hydroxylation is 1. The quantitative estimate of drug-likeness (QED) is 0.819. The van der Waals surface area contributed by atoms with Crippen molar-refractivity contribution in [1.29, 1.82) is 0 Å². The lowest BCUT2D eigenvalue weighted by Gasteiger charge is -2.25. The number of aromatic amines is 1. The SMILES string of the molecule is Cc1c(Cl)[nH]c(=O)n(C2CCc3ccccc3C2)c1=O. The topological polar surface area (TPSA) is 54.9 Å². The highest BCUT2D eigenvalue weighted by atomic mass is 35.5. The van der Waals surface area contributed by atoms with Crippen molar-refractivity contribution in [2.75, 3.05) is 0 Å². The minimum Gasteiger partial charge on any atom is -0.297 e. The Bertz CT molecular complexity index is 776. The smallest absolute Gasteiger partial charge is 0.297 e. The van der Waals surface area contributed by atoms with Gasteiger partial charge in [-0.05, 0) is 37.3 Å². The van der Waals surface area contributed by atoms with Crippen LogP contribution >= 0.6 is 11.6 Å². The number of benzene rings is 1. The van der Waals surface area contributed by atoms with Gasteiger partial charge in [0.25, 0.3) is 5.56 Å². The number of hydrogen-bond donors (Lipinski definition) is 1. The fourth-order valence-electron chi connectivity index (χ4n) is 2.85. The predicted molar refractivity (Wildman–Crippen MR) is 78.6 cm³/mol. The Hall–Kier alpha value is -1.81. The number of nitrogens with one attached hydrogen (secondary N) is 1. The fourth-order valence-corrected chi connectivity index (χ4v) is 3.01. The molecule has 1 atom stereocenters. The van der Waals surface area contributed by atoms with Gasteiger partial charge in [-0.15, -0.1) is 0 Å². The van der Waals surface area contributed by atoms with Gasteiger partial charge in [-0.2, -0.15) is 0 Å². The Morgan fingerprint density at radius 1 is 1.25 bits per heavy atom. The lowest BCUT2D eigenvalue weighted by atomic mass is 9.88. The number of H-pyrrole nitrogens is 1. The number of fused-ring (bicyclic) bond motifs is 1. The maximum absolute atomic E-state index is 12.3. The van der Waals surface area contributed by atoms with Gasteiger partial charge in [-0.3, -0.25) is 14.3 Å². The maximum Gasteiger partial charge on any atom is 0.329 e. The van der Waals surface area contributed by atoms with E-state index < -0.39 is 5.69 Å². The molecular weight excluding hydrogens is 276 g/mol. The molecule has 0 amide bonds. The summed E-state index contributed by atoms with van der Waals surface area (Å²) in [7, 11) is 0. The van der Waals surface area contributed by atoms with E-state index in [2.05, 4.69) is 17.1 Å². The molecule has 1 N–H and O–H groups in total. The highest BCUT2D eigenvalue weighted by Gasteiger charge is 2.23. The number of aromatic nitrogens is 2. The van der Waals surface area contributed by atoms with Crippen LogP contribution in [0.5, 0.6) is 0 Å². The van der Waals surface area contributed by atoms with Gasteiger partial charge in [0.2, 0.25) is 0 Å². The molecule has 5 heteroatoms. The maximum atomic E-state index is 12.3. The number of halogens is 1. The van der Waals surface area contributed by atoms with Crippen LogP contribution < -0.4 is 11.2 Å². The van der Waals surface area contributed by atoms with Crippen molar-refractivity contribution >= 4 is 11.6 Å². The van der Waals surface area contributed by atoms with Crippen molar-refractivity contribution in [1.82, 2.24) is 9.55 Å². The summed E-state index contributed by atoms with van der Waals surface area (Å²) in [4.78, 5) is 26.9. The van der Waals surface area contributed by atoms with Gasteiger partial charge in [0.05, 0.1) is 0 Å². The lowest BCUT2D eigenvalue weighted by molar-refractivity contribution is 0.413. The van der Waals surface area contributed by atoms with Gasteiger partial charge >= 0.3 is 5.69 Å². The van der Waals surface area contributed by atoms with Crippen molar-refractivity contribution in [3.8, 4) is 0 Å². The summed E-state index contributed by atoms with van der Waals surface area (Å²) in [5.41, 5.74) is 2.20. The van der Waals surface area contributed by atoms with E-state index in [1.54, 1.807) is 6.92 Å². The van der Waals surface area contributed by atoms with Gasteiger partial charge in [0, 0.05) is 11.6 Å². The molecule has 1 aliphatic carbocycles. The largest absolute Gasteiger partial charge is 0.329 e. The van der Waals surface area contributed by atoms with E-state index in [9.17, 15) is 9.59 Å². The summed E-state index contributed by atoms with van der Waals surface area (Å²) in [6, 6.07) is 8.07. The molecule has 104 valence electrons. The molecule has 0 radical (unpaired) electrons. The Balaban J connectivity index is 2.07. The third-order valence-corrected chi connectivity index (χ3v) is 4.37. The van der Waals surface area contributed by atoms with Crippen LogP contribution in [0.25, 0.3) is 0 Å². The molecule has 1 aromatic heterocycles. The van der Waals surface area contributed by atoms with Gasteiger partial charge in [-0.25, -0.2) is 4.79 Å². The van der Waals surface area contributed by atoms with Gasteiger partial charge in [0.1, 0.15) is 5.15 Å². The van der Waals surface area contributed by atoms with Crippen molar-refractivity contribution in [3.63, 3.8) is 0 Å². The molecule has 0 bridgehead atoms. The summed E-state index contributed by atoms with van der Waals surface area (Å²) >= 11 is 5.84. The molecule has 0 saturated carbocycles. The third-order valence-electron chi connectivity index (χ3n) is 3.99. The summed E-state index contributed by atoms with van der Waals surface area (Å²) in [5, 5.41) is 0.132. The summed E-state index contributed by atoms with van der Waals surface area (Å²) in [6.45, 7) is 1.63. The standard InChI is InChI=1S/C15H15ClN2O2/c1-9-13(16)17-15(20)18(14(9)19)12-7-6-10-4-2-3-5-11(10)8-12/h2-5,12H,6-8H2,1H3,(H,17,20).